The van der Waals surface area contributed by atoms with Gasteiger partial charge < -0.3 is 0 Å². The number of aromatic nitrogens is 2. The molecular weight excluding hydrogens is 205 g/mol. The molecule has 6 heteroatoms. The molecule has 0 bridgehead atoms. The highest BCUT2D eigenvalue weighted by Gasteiger charge is 2.34. The molecule has 0 fully saturated rings. The summed E-state index contributed by atoms with van der Waals surface area (Å²) in [7, 11) is 0. The van der Waals surface area contributed by atoms with Crippen LogP contribution in [0.3, 0.4) is 0 Å². The Morgan fingerprint density at radius 3 is 2.92 bits per heavy atom. The molecular formula is C7H6ClF3N2. The van der Waals surface area contributed by atoms with Crippen molar-refractivity contribution >= 4 is 11.6 Å². The molecule has 72 valence electrons. The zero-order valence-electron chi connectivity index (χ0n) is 11.9. The summed E-state index contributed by atoms with van der Waals surface area (Å²) in [5.41, 5.74) is -1.64. The number of aryl methyl sites for hydroxylation is 1. The largest absolute Gasteiger partial charge is 0.420 e. The van der Waals surface area contributed by atoms with Crippen molar-refractivity contribution in [1.82, 2.24) is 9.97 Å². The topological polar surface area (TPSA) is 25.8 Å². The van der Waals surface area contributed by atoms with Gasteiger partial charge in [0, 0.05) is 19.4 Å². The number of alkyl halides is 3. The van der Waals surface area contributed by atoms with Crippen molar-refractivity contribution in [1.29, 1.82) is 0 Å². The van der Waals surface area contributed by atoms with Gasteiger partial charge in [0.25, 0.3) is 0 Å². The molecule has 0 N–H and O–H groups in total. The summed E-state index contributed by atoms with van der Waals surface area (Å²) in [5.74, 6) is -1.09. The fourth-order valence-corrected chi connectivity index (χ4v) is 0.795. The molecule has 1 rings (SSSR count). The summed E-state index contributed by atoms with van der Waals surface area (Å²) in [6.45, 7) is -3.21. The quantitative estimate of drug-likeness (QED) is 0.675. The van der Waals surface area contributed by atoms with Crippen molar-refractivity contribution in [2.24, 2.45) is 0 Å². The maximum absolute atomic E-state index is 12.5. The summed E-state index contributed by atoms with van der Waals surface area (Å²) < 4.78 is 79.9. The van der Waals surface area contributed by atoms with E-state index < -0.39 is 42.1 Å². The van der Waals surface area contributed by atoms with Gasteiger partial charge in [-0.15, -0.1) is 0 Å². The Morgan fingerprint density at radius 2 is 2.46 bits per heavy atom. The predicted octanol–water partition coefficient (Wildman–Crippen LogP) is 2.71. The third-order valence-electron chi connectivity index (χ3n) is 1.08. The first-order chi connectivity index (χ1) is 8.28. The molecule has 2 nitrogen and oxygen atoms in total. The van der Waals surface area contributed by atoms with Crippen molar-refractivity contribution in [3.63, 3.8) is 0 Å². The highest BCUT2D eigenvalue weighted by atomic mass is 35.5. The van der Waals surface area contributed by atoms with Crippen molar-refractivity contribution in [3.8, 4) is 0 Å². The summed E-state index contributed by atoms with van der Waals surface area (Å²) in [6, 6.07) is 0. The van der Waals surface area contributed by atoms with Crippen LogP contribution in [-0.4, -0.2) is 9.97 Å². The molecule has 0 spiro atoms. The van der Waals surface area contributed by atoms with Gasteiger partial charge in [-0.3, -0.25) is 0 Å². The van der Waals surface area contributed by atoms with E-state index in [1.54, 1.807) is 0 Å². The van der Waals surface area contributed by atoms with Gasteiger partial charge in [-0.1, -0.05) is 18.5 Å². The normalized spacial score (nSPS) is 20.6. The molecule has 0 atom stereocenters. The Balaban J connectivity index is 3.46. The van der Waals surface area contributed by atoms with E-state index >= 15 is 0 Å². The number of halogens is 4. The van der Waals surface area contributed by atoms with Crippen molar-refractivity contribution in [3.05, 3.63) is 22.7 Å². The minimum atomic E-state index is -4.99. The van der Waals surface area contributed by atoms with Crippen molar-refractivity contribution in [2.75, 3.05) is 0 Å². The van der Waals surface area contributed by atoms with Crippen LogP contribution in [0.1, 0.15) is 26.5 Å². The first kappa shape index (κ1) is 4.59. The summed E-state index contributed by atoms with van der Waals surface area (Å²) in [6.07, 6.45) is -9.48. The fourth-order valence-electron chi connectivity index (χ4n) is 0.565. The van der Waals surface area contributed by atoms with Gasteiger partial charge in [0.1, 0.15) is 16.5 Å². The van der Waals surface area contributed by atoms with Crippen LogP contribution in [-0.2, 0) is 12.5 Å². The first-order valence-corrected chi connectivity index (χ1v) is 3.28. The lowest BCUT2D eigenvalue weighted by atomic mass is 10.3. The molecule has 0 aromatic carbocycles. The Labute approximate surface area is 86.2 Å². The molecule has 1 aromatic rings. The number of hydrogen-bond acceptors (Lipinski definition) is 2. The summed E-state index contributed by atoms with van der Waals surface area (Å²) in [4.78, 5) is 5.97. The van der Waals surface area contributed by atoms with E-state index in [2.05, 4.69) is 9.97 Å². The van der Waals surface area contributed by atoms with Crippen LogP contribution in [0.4, 0.5) is 13.2 Å². The lowest BCUT2D eigenvalue weighted by molar-refractivity contribution is -0.138. The number of nitrogens with zero attached hydrogens (tertiary/aromatic N) is 2. The van der Waals surface area contributed by atoms with E-state index in [0.29, 0.717) is 0 Å². The minimum Gasteiger partial charge on any atom is -0.241 e. The number of rotatable bonds is 1. The second-order valence-corrected chi connectivity index (χ2v) is 2.31. The van der Waals surface area contributed by atoms with Gasteiger partial charge in [0.15, 0.2) is 0 Å². The van der Waals surface area contributed by atoms with E-state index in [4.69, 9.17) is 19.8 Å². The molecule has 13 heavy (non-hydrogen) atoms. The third-order valence-corrected chi connectivity index (χ3v) is 1.35. The van der Waals surface area contributed by atoms with Gasteiger partial charge in [-0.25, -0.2) is 9.97 Å². The second-order valence-electron chi connectivity index (χ2n) is 1.95. The molecule has 0 saturated heterocycles. The van der Waals surface area contributed by atoms with E-state index in [-0.39, 0.29) is 0 Å². The van der Waals surface area contributed by atoms with Gasteiger partial charge >= 0.3 is 6.18 Å². The molecule has 1 aromatic heterocycles. The highest BCUT2D eigenvalue weighted by Crippen LogP contribution is 2.32. The number of hydrogen-bond donors (Lipinski definition) is 0. The summed E-state index contributed by atoms with van der Waals surface area (Å²) in [5, 5.41) is -1.21. The molecule has 0 aliphatic heterocycles. The predicted molar refractivity (Wildman–Crippen MR) is 41.4 cm³/mol. The van der Waals surface area contributed by atoms with Crippen LogP contribution in [0.25, 0.3) is 0 Å². The Bertz CT molecular complexity index is 478. The van der Waals surface area contributed by atoms with E-state index in [1.165, 1.54) is 0 Å². The van der Waals surface area contributed by atoms with Gasteiger partial charge in [0.05, 0.1) is 1.37 Å². The lowest BCUT2D eigenvalue weighted by Crippen LogP contribution is -2.09. The maximum Gasteiger partial charge on any atom is 0.420 e. The van der Waals surface area contributed by atoms with E-state index in [1.807, 2.05) is 0 Å². The van der Waals surface area contributed by atoms with Gasteiger partial charge in [-0.05, 0) is 0 Å². The lowest BCUT2D eigenvalue weighted by Gasteiger charge is -2.07. The Morgan fingerprint density at radius 1 is 1.77 bits per heavy atom. The summed E-state index contributed by atoms with van der Waals surface area (Å²) >= 11 is 5.23. The molecule has 0 unspecified atom stereocenters. The monoisotopic (exact) mass is 216 g/mol. The molecule has 0 aliphatic carbocycles. The van der Waals surface area contributed by atoms with E-state index in [0.717, 1.165) is 0 Å². The van der Waals surface area contributed by atoms with Gasteiger partial charge in [0.2, 0.25) is 0 Å². The average molecular weight is 217 g/mol. The van der Waals surface area contributed by atoms with Crippen molar-refractivity contribution in [2.45, 2.75) is 19.4 Å². The van der Waals surface area contributed by atoms with Crippen LogP contribution < -0.4 is 0 Å². The molecule has 0 amide bonds. The van der Waals surface area contributed by atoms with Crippen LogP contribution >= 0.6 is 11.6 Å². The van der Waals surface area contributed by atoms with Crippen LogP contribution in [0, 0.1) is 0 Å². The zero-order valence-corrected chi connectivity index (χ0v) is 6.66. The molecule has 0 aliphatic rings. The molecule has 0 radical (unpaired) electrons. The highest BCUT2D eigenvalue weighted by molar-refractivity contribution is 6.30. The van der Waals surface area contributed by atoms with E-state index in [9.17, 15) is 13.2 Å². The standard InChI is InChI=1S/C7H6ClF3N2/c1-2-5-12-3-4(6(8)13-5)7(9,10)11/h3H,2H2,1H3/i1D3,2D2,3D. The smallest absolute Gasteiger partial charge is 0.241 e. The SMILES string of the molecule is [2H]c1nc(C([2H])([2H])C([2H])([2H])[2H])nc(Cl)c1C(F)(F)F. The second kappa shape index (κ2) is 3.49. The third kappa shape index (κ3) is 2.30. The maximum atomic E-state index is 12.5. The Kier molecular flexibility index (Phi) is 1.23. The average Bonchev–Trinajstić information content (AvgIpc) is 2.11. The molecule has 0 saturated carbocycles. The fraction of sp³-hybridized carbons (Fsp3) is 0.429. The van der Waals surface area contributed by atoms with Crippen molar-refractivity contribution < 1.29 is 21.4 Å². The molecule has 1 heterocycles. The Hall–Kier alpha value is -0.840. The zero-order chi connectivity index (χ0) is 15.2. The van der Waals surface area contributed by atoms with Gasteiger partial charge in [-0.2, -0.15) is 13.2 Å². The first-order valence-electron chi connectivity index (χ1n) is 5.90. The van der Waals surface area contributed by atoms with Crippen LogP contribution in [0.15, 0.2) is 6.17 Å². The minimum absolute atomic E-state index is 1.09. The van der Waals surface area contributed by atoms with Crippen LogP contribution in [0.2, 0.25) is 5.15 Å². The van der Waals surface area contributed by atoms with Crippen LogP contribution in [0.5, 0.6) is 0 Å².